The molecule has 2 nitrogen and oxygen atoms in total. The van der Waals surface area contributed by atoms with E-state index in [1.807, 2.05) is 19.1 Å². The largest absolute Gasteiger partial charge is 0.355 e. The summed E-state index contributed by atoms with van der Waals surface area (Å²) in [5.41, 5.74) is 1.65. The fourth-order valence-corrected chi connectivity index (χ4v) is 1.19. The van der Waals surface area contributed by atoms with Crippen molar-refractivity contribution in [2.45, 2.75) is 11.8 Å². The van der Waals surface area contributed by atoms with Gasteiger partial charge in [-0.3, -0.25) is 4.79 Å². The first-order valence-corrected chi connectivity index (χ1v) is 4.11. The number of rotatable bonds is 1. The molecule has 1 aromatic carbocycles. The summed E-state index contributed by atoms with van der Waals surface area (Å²) in [4.78, 5) is 12.0. The topological polar surface area (TPSA) is 29.1 Å². The number of carbonyl (C=O) groups is 1. The molecule has 0 bridgehead atoms. The van der Waals surface area contributed by atoms with E-state index in [1.54, 1.807) is 13.1 Å². The molecular weight excluding hydrogens is 170 g/mol. The predicted octanol–water partition coefficient (Wildman–Crippen LogP) is 1.64. The summed E-state index contributed by atoms with van der Waals surface area (Å²) in [7, 11) is 1.62. The Labute approximate surface area is 77.4 Å². The molecule has 0 fully saturated rings. The van der Waals surface area contributed by atoms with Crippen LogP contribution in [-0.2, 0) is 0 Å². The molecule has 64 valence electrons. The van der Waals surface area contributed by atoms with Crippen LogP contribution in [0.1, 0.15) is 15.9 Å². The van der Waals surface area contributed by atoms with Crippen LogP contribution in [0.15, 0.2) is 23.1 Å². The molecule has 0 radical (unpaired) electrons. The second-order valence-electron chi connectivity index (χ2n) is 2.58. The Hall–Kier alpha value is -0.960. The average molecular weight is 181 g/mol. The summed E-state index contributed by atoms with van der Waals surface area (Å²) in [5.74, 6) is -0.0663. The molecule has 0 spiro atoms. The first-order chi connectivity index (χ1) is 5.65. The lowest BCUT2D eigenvalue weighted by atomic mass is 10.1. The van der Waals surface area contributed by atoms with E-state index in [4.69, 9.17) is 0 Å². The lowest BCUT2D eigenvalue weighted by Gasteiger charge is -2.04. The number of benzene rings is 1. The highest BCUT2D eigenvalue weighted by molar-refractivity contribution is 7.80. The summed E-state index contributed by atoms with van der Waals surface area (Å²) >= 11 is 4.15. The average Bonchev–Trinajstić information content (AvgIpc) is 2.08. The van der Waals surface area contributed by atoms with E-state index >= 15 is 0 Å². The summed E-state index contributed by atoms with van der Waals surface area (Å²) in [6.45, 7) is 1.90. The van der Waals surface area contributed by atoms with Gasteiger partial charge in [0.2, 0.25) is 0 Å². The molecule has 0 aromatic heterocycles. The van der Waals surface area contributed by atoms with Gasteiger partial charge in [-0.15, -0.1) is 12.6 Å². The van der Waals surface area contributed by atoms with Gasteiger partial charge in [0.1, 0.15) is 0 Å². The second-order valence-corrected chi connectivity index (χ2v) is 3.09. The van der Waals surface area contributed by atoms with Crippen molar-refractivity contribution >= 4 is 18.5 Å². The van der Waals surface area contributed by atoms with Gasteiger partial charge < -0.3 is 5.32 Å². The van der Waals surface area contributed by atoms with Crippen molar-refractivity contribution in [1.82, 2.24) is 5.32 Å². The van der Waals surface area contributed by atoms with E-state index in [0.717, 1.165) is 10.5 Å². The lowest BCUT2D eigenvalue weighted by molar-refractivity contribution is 0.0962. The minimum absolute atomic E-state index is 0.0663. The van der Waals surface area contributed by atoms with Crippen molar-refractivity contribution in [2.75, 3.05) is 7.05 Å². The molecule has 1 N–H and O–H groups in total. The number of hydrogen-bond donors (Lipinski definition) is 2. The molecule has 1 amide bonds. The van der Waals surface area contributed by atoms with Crippen LogP contribution in [0.25, 0.3) is 0 Å². The Morgan fingerprint density at radius 2 is 2.17 bits per heavy atom. The third kappa shape index (κ3) is 1.80. The Morgan fingerprint density at radius 3 is 2.75 bits per heavy atom. The van der Waals surface area contributed by atoms with Crippen molar-refractivity contribution in [2.24, 2.45) is 0 Å². The maximum Gasteiger partial charge on any atom is 0.251 e. The fourth-order valence-electron chi connectivity index (χ4n) is 0.989. The van der Waals surface area contributed by atoms with Crippen LogP contribution >= 0.6 is 12.6 Å². The quantitative estimate of drug-likeness (QED) is 0.634. The Morgan fingerprint density at radius 1 is 1.50 bits per heavy atom. The third-order valence-corrected chi connectivity index (χ3v) is 1.97. The second kappa shape index (κ2) is 3.63. The number of hydrogen-bond acceptors (Lipinski definition) is 2. The molecule has 0 heterocycles. The molecule has 0 unspecified atom stereocenters. The van der Waals surface area contributed by atoms with Crippen molar-refractivity contribution in [3.8, 4) is 0 Å². The van der Waals surface area contributed by atoms with Gasteiger partial charge in [-0.05, 0) is 24.6 Å². The Bertz CT molecular complexity index is 309. The molecule has 0 saturated carbocycles. The summed E-state index contributed by atoms with van der Waals surface area (Å²) in [6, 6.07) is 5.51. The van der Waals surface area contributed by atoms with Crippen LogP contribution in [0.4, 0.5) is 0 Å². The highest BCUT2D eigenvalue weighted by Crippen LogP contribution is 2.13. The maximum atomic E-state index is 11.2. The van der Waals surface area contributed by atoms with Crippen LogP contribution in [0, 0.1) is 6.92 Å². The van der Waals surface area contributed by atoms with E-state index < -0.39 is 0 Å². The number of aryl methyl sites for hydroxylation is 1. The molecule has 1 aromatic rings. The van der Waals surface area contributed by atoms with Crippen LogP contribution in [0.3, 0.4) is 0 Å². The zero-order chi connectivity index (χ0) is 9.14. The number of carbonyl (C=O) groups excluding carboxylic acids is 1. The van der Waals surface area contributed by atoms with Gasteiger partial charge in [0.15, 0.2) is 0 Å². The highest BCUT2D eigenvalue weighted by atomic mass is 32.1. The Balaban J connectivity index is 3.13. The SMILES string of the molecule is CNC(=O)c1cc(S)ccc1C. The zero-order valence-corrected chi connectivity index (χ0v) is 7.98. The van der Waals surface area contributed by atoms with Gasteiger partial charge in [0.25, 0.3) is 5.91 Å². The van der Waals surface area contributed by atoms with Gasteiger partial charge in [0.05, 0.1) is 0 Å². The summed E-state index contributed by atoms with van der Waals surface area (Å²) in [5, 5.41) is 2.58. The van der Waals surface area contributed by atoms with Crippen molar-refractivity contribution in [3.05, 3.63) is 29.3 Å². The van der Waals surface area contributed by atoms with Crippen LogP contribution in [0.5, 0.6) is 0 Å². The number of nitrogens with one attached hydrogen (secondary N) is 1. The van der Waals surface area contributed by atoms with Crippen LogP contribution < -0.4 is 5.32 Å². The van der Waals surface area contributed by atoms with Crippen molar-refractivity contribution in [1.29, 1.82) is 0 Å². The zero-order valence-electron chi connectivity index (χ0n) is 7.09. The first-order valence-electron chi connectivity index (χ1n) is 3.67. The molecule has 0 aliphatic rings. The smallest absolute Gasteiger partial charge is 0.251 e. The predicted molar refractivity (Wildman–Crippen MR) is 51.8 cm³/mol. The van der Waals surface area contributed by atoms with Crippen molar-refractivity contribution < 1.29 is 4.79 Å². The number of amides is 1. The molecule has 12 heavy (non-hydrogen) atoms. The molecule has 1 rings (SSSR count). The van der Waals surface area contributed by atoms with Gasteiger partial charge in [-0.2, -0.15) is 0 Å². The molecule has 0 saturated heterocycles. The first kappa shape index (κ1) is 9.13. The summed E-state index contributed by atoms with van der Waals surface area (Å²) in [6.07, 6.45) is 0. The highest BCUT2D eigenvalue weighted by Gasteiger charge is 2.05. The molecule has 0 aliphatic heterocycles. The minimum Gasteiger partial charge on any atom is -0.355 e. The lowest BCUT2D eigenvalue weighted by Crippen LogP contribution is -2.18. The summed E-state index contributed by atoms with van der Waals surface area (Å²) < 4.78 is 0. The van der Waals surface area contributed by atoms with E-state index in [2.05, 4.69) is 17.9 Å². The minimum atomic E-state index is -0.0663. The van der Waals surface area contributed by atoms with Gasteiger partial charge in [0, 0.05) is 17.5 Å². The third-order valence-electron chi connectivity index (χ3n) is 1.69. The standard InChI is InChI=1S/C9H11NOS/c1-6-3-4-7(12)5-8(6)9(11)10-2/h3-5,12H,1-2H3,(H,10,11). The van der Waals surface area contributed by atoms with E-state index in [9.17, 15) is 4.79 Å². The van der Waals surface area contributed by atoms with E-state index in [1.165, 1.54) is 0 Å². The maximum absolute atomic E-state index is 11.2. The molecular formula is C9H11NOS. The fraction of sp³-hybridized carbons (Fsp3) is 0.222. The molecule has 3 heteroatoms. The normalized spacial score (nSPS) is 9.58. The number of thiol groups is 1. The van der Waals surface area contributed by atoms with Gasteiger partial charge >= 0.3 is 0 Å². The van der Waals surface area contributed by atoms with Crippen LogP contribution in [-0.4, -0.2) is 13.0 Å². The Kier molecular flexibility index (Phi) is 2.76. The van der Waals surface area contributed by atoms with Gasteiger partial charge in [-0.25, -0.2) is 0 Å². The monoisotopic (exact) mass is 181 g/mol. The molecule has 0 atom stereocenters. The molecule has 0 aliphatic carbocycles. The van der Waals surface area contributed by atoms with Crippen molar-refractivity contribution in [3.63, 3.8) is 0 Å². The van der Waals surface area contributed by atoms with Crippen LogP contribution in [0.2, 0.25) is 0 Å². The van der Waals surface area contributed by atoms with E-state index in [0.29, 0.717) is 5.56 Å². The van der Waals surface area contributed by atoms with E-state index in [-0.39, 0.29) is 5.91 Å². The van der Waals surface area contributed by atoms with Gasteiger partial charge in [-0.1, -0.05) is 6.07 Å².